The van der Waals surface area contributed by atoms with E-state index in [-0.39, 0.29) is 12.5 Å². The lowest BCUT2D eigenvalue weighted by atomic mass is 10.2. The van der Waals surface area contributed by atoms with E-state index in [4.69, 9.17) is 4.74 Å². The second-order valence-corrected chi connectivity index (χ2v) is 4.97. The fourth-order valence-electron chi connectivity index (χ4n) is 2.03. The Balaban J connectivity index is 1.83. The molecule has 7 nitrogen and oxygen atoms in total. The number of hydrogen-bond acceptors (Lipinski definition) is 5. The Morgan fingerprint density at radius 1 is 1.12 bits per heavy atom. The molecule has 7 heteroatoms. The number of aromatic nitrogens is 2. The molecule has 2 amide bonds. The highest BCUT2D eigenvalue weighted by atomic mass is 16.5. The van der Waals surface area contributed by atoms with Crippen LogP contribution in [0.5, 0.6) is 0 Å². The standard InChI is InChI=1S/C17H20N4O3/c1-2-24-17(23)21-12-15-11-14(6-10-19-15)16(22)20-9-5-13-3-7-18-8-4-13/h3-4,6-8,10-11H,2,5,9,12H2,1H3,(H,20,22)(H,21,23). The highest BCUT2D eigenvalue weighted by Gasteiger charge is 2.08. The summed E-state index contributed by atoms with van der Waals surface area (Å²) in [6.45, 7) is 2.77. The minimum Gasteiger partial charge on any atom is -0.450 e. The maximum Gasteiger partial charge on any atom is 0.407 e. The second-order valence-electron chi connectivity index (χ2n) is 4.97. The summed E-state index contributed by atoms with van der Waals surface area (Å²) >= 11 is 0. The maximum atomic E-state index is 12.2. The zero-order chi connectivity index (χ0) is 17.2. The third-order valence-electron chi connectivity index (χ3n) is 3.22. The van der Waals surface area contributed by atoms with Crippen LogP contribution in [0.2, 0.25) is 0 Å². The summed E-state index contributed by atoms with van der Waals surface area (Å²) in [6.07, 6.45) is 5.22. The van der Waals surface area contributed by atoms with E-state index in [2.05, 4.69) is 20.6 Å². The van der Waals surface area contributed by atoms with Crippen molar-refractivity contribution in [3.63, 3.8) is 0 Å². The zero-order valence-electron chi connectivity index (χ0n) is 13.5. The second kappa shape index (κ2) is 9.24. The molecule has 2 rings (SSSR count). The van der Waals surface area contributed by atoms with E-state index < -0.39 is 6.09 Å². The van der Waals surface area contributed by atoms with E-state index in [0.717, 1.165) is 12.0 Å². The van der Waals surface area contributed by atoms with Gasteiger partial charge in [-0.1, -0.05) is 0 Å². The normalized spacial score (nSPS) is 10.0. The number of nitrogens with zero attached hydrogens (tertiary/aromatic N) is 2. The number of carbonyl (C=O) groups is 2. The first kappa shape index (κ1) is 17.4. The molecule has 0 aliphatic carbocycles. The number of carbonyl (C=O) groups excluding carboxylic acids is 2. The van der Waals surface area contributed by atoms with E-state index in [1.165, 1.54) is 0 Å². The van der Waals surface area contributed by atoms with Crippen LogP contribution in [0.3, 0.4) is 0 Å². The Bertz CT molecular complexity index is 677. The molecule has 0 aliphatic heterocycles. The Hall–Kier alpha value is -2.96. The van der Waals surface area contributed by atoms with Gasteiger partial charge in [-0.15, -0.1) is 0 Å². The van der Waals surface area contributed by atoms with Gasteiger partial charge in [-0.3, -0.25) is 14.8 Å². The van der Waals surface area contributed by atoms with Crippen LogP contribution in [0.25, 0.3) is 0 Å². The highest BCUT2D eigenvalue weighted by Crippen LogP contribution is 2.03. The van der Waals surface area contributed by atoms with Crippen LogP contribution in [-0.2, 0) is 17.7 Å². The summed E-state index contributed by atoms with van der Waals surface area (Å²) in [5, 5.41) is 5.43. The molecule has 0 bridgehead atoms. The van der Waals surface area contributed by atoms with Gasteiger partial charge in [0.15, 0.2) is 0 Å². The molecule has 0 spiro atoms. The van der Waals surface area contributed by atoms with Crippen molar-refractivity contribution in [3.8, 4) is 0 Å². The average Bonchev–Trinajstić information content (AvgIpc) is 2.61. The molecular weight excluding hydrogens is 308 g/mol. The number of alkyl carbamates (subject to hydrolysis) is 1. The summed E-state index contributed by atoms with van der Waals surface area (Å²) in [5.74, 6) is -0.177. The molecule has 0 unspecified atom stereocenters. The third-order valence-corrected chi connectivity index (χ3v) is 3.22. The lowest BCUT2D eigenvalue weighted by molar-refractivity contribution is 0.0954. The summed E-state index contributed by atoms with van der Waals surface area (Å²) in [6, 6.07) is 7.11. The summed E-state index contributed by atoms with van der Waals surface area (Å²) in [7, 11) is 0. The molecule has 2 N–H and O–H groups in total. The third kappa shape index (κ3) is 5.68. The SMILES string of the molecule is CCOC(=O)NCc1cc(C(=O)NCCc2ccncc2)ccn1. The molecule has 0 aromatic carbocycles. The van der Waals surface area contributed by atoms with Crippen LogP contribution in [0.15, 0.2) is 42.9 Å². The Morgan fingerprint density at radius 2 is 1.92 bits per heavy atom. The van der Waals surface area contributed by atoms with Crippen LogP contribution in [0, 0.1) is 0 Å². The summed E-state index contributed by atoms with van der Waals surface area (Å²) < 4.78 is 4.77. The van der Waals surface area contributed by atoms with Crippen LogP contribution in [0.4, 0.5) is 4.79 Å². The van der Waals surface area contributed by atoms with E-state index in [9.17, 15) is 9.59 Å². The first-order valence-corrected chi connectivity index (χ1v) is 7.71. The predicted molar refractivity (Wildman–Crippen MR) is 88.4 cm³/mol. The molecule has 2 aromatic heterocycles. The monoisotopic (exact) mass is 328 g/mol. The van der Waals surface area contributed by atoms with Crippen LogP contribution in [0.1, 0.15) is 28.5 Å². The zero-order valence-corrected chi connectivity index (χ0v) is 13.5. The van der Waals surface area contributed by atoms with Gasteiger partial charge in [0.05, 0.1) is 18.8 Å². The van der Waals surface area contributed by atoms with Crippen LogP contribution < -0.4 is 10.6 Å². The van der Waals surface area contributed by atoms with Crippen molar-refractivity contribution in [3.05, 3.63) is 59.7 Å². The van der Waals surface area contributed by atoms with Crippen molar-refractivity contribution >= 4 is 12.0 Å². The quantitative estimate of drug-likeness (QED) is 0.807. The summed E-state index contributed by atoms with van der Waals surface area (Å²) in [5.41, 5.74) is 2.20. The van der Waals surface area contributed by atoms with Crippen molar-refractivity contribution in [2.75, 3.05) is 13.2 Å². The molecule has 2 aromatic rings. The number of amides is 2. The van der Waals surface area contributed by atoms with E-state index >= 15 is 0 Å². The number of pyridine rings is 2. The smallest absolute Gasteiger partial charge is 0.407 e. The van der Waals surface area contributed by atoms with Crippen molar-refractivity contribution in [1.82, 2.24) is 20.6 Å². The van der Waals surface area contributed by atoms with Crippen molar-refractivity contribution in [1.29, 1.82) is 0 Å². The number of rotatable bonds is 7. The van der Waals surface area contributed by atoms with Gasteiger partial charge in [0.25, 0.3) is 5.91 Å². The van der Waals surface area contributed by atoms with Gasteiger partial charge in [-0.05, 0) is 43.2 Å². The Morgan fingerprint density at radius 3 is 2.67 bits per heavy atom. The van der Waals surface area contributed by atoms with Gasteiger partial charge in [0.2, 0.25) is 0 Å². The van der Waals surface area contributed by atoms with Crippen molar-refractivity contribution in [2.24, 2.45) is 0 Å². The lowest BCUT2D eigenvalue weighted by Crippen LogP contribution is -2.27. The van der Waals surface area contributed by atoms with Gasteiger partial charge >= 0.3 is 6.09 Å². The first-order valence-electron chi connectivity index (χ1n) is 7.71. The largest absolute Gasteiger partial charge is 0.450 e. The molecule has 0 aliphatic rings. The van der Waals surface area contributed by atoms with Gasteiger partial charge in [-0.2, -0.15) is 0 Å². The minimum atomic E-state index is -0.508. The lowest BCUT2D eigenvalue weighted by Gasteiger charge is -2.08. The maximum absolute atomic E-state index is 12.2. The number of ether oxygens (including phenoxy) is 1. The molecule has 0 atom stereocenters. The Kier molecular flexibility index (Phi) is 6.70. The van der Waals surface area contributed by atoms with E-state index in [1.54, 1.807) is 37.6 Å². The fourth-order valence-corrected chi connectivity index (χ4v) is 2.03. The minimum absolute atomic E-state index is 0.177. The first-order chi connectivity index (χ1) is 11.7. The van der Waals surface area contributed by atoms with Gasteiger partial charge < -0.3 is 15.4 Å². The topological polar surface area (TPSA) is 93.2 Å². The fraction of sp³-hybridized carbons (Fsp3) is 0.294. The molecular formula is C17H20N4O3. The number of nitrogens with one attached hydrogen (secondary N) is 2. The average molecular weight is 328 g/mol. The number of hydrogen-bond donors (Lipinski definition) is 2. The van der Waals surface area contributed by atoms with E-state index in [0.29, 0.717) is 24.4 Å². The van der Waals surface area contributed by atoms with Gasteiger partial charge in [-0.25, -0.2) is 4.79 Å². The van der Waals surface area contributed by atoms with Gasteiger partial charge in [0.1, 0.15) is 0 Å². The van der Waals surface area contributed by atoms with Crippen LogP contribution in [-0.4, -0.2) is 35.1 Å². The van der Waals surface area contributed by atoms with E-state index in [1.807, 2.05) is 12.1 Å². The Labute approximate surface area is 140 Å². The van der Waals surface area contributed by atoms with Crippen molar-refractivity contribution < 1.29 is 14.3 Å². The molecule has 126 valence electrons. The molecule has 0 saturated heterocycles. The predicted octanol–water partition coefficient (Wildman–Crippen LogP) is 1.70. The molecule has 2 heterocycles. The van der Waals surface area contributed by atoms with Crippen molar-refractivity contribution in [2.45, 2.75) is 19.9 Å². The highest BCUT2D eigenvalue weighted by molar-refractivity contribution is 5.94. The van der Waals surface area contributed by atoms with Gasteiger partial charge in [0, 0.05) is 30.7 Å². The molecule has 0 radical (unpaired) electrons. The summed E-state index contributed by atoms with van der Waals surface area (Å²) in [4.78, 5) is 31.5. The molecule has 0 saturated carbocycles. The molecule has 24 heavy (non-hydrogen) atoms. The molecule has 0 fully saturated rings. The van der Waals surface area contributed by atoms with Crippen LogP contribution >= 0.6 is 0 Å².